The number of aliphatic hydroxyl groups is 1. The quantitative estimate of drug-likeness (QED) is 0.451. The van der Waals surface area contributed by atoms with Crippen LogP contribution in [0.5, 0.6) is 0 Å². The Morgan fingerprint density at radius 2 is 1.71 bits per heavy atom. The lowest BCUT2D eigenvalue weighted by Crippen LogP contribution is -2.49. The number of esters is 1. The summed E-state index contributed by atoms with van der Waals surface area (Å²) in [6.07, 6.45) is 3.78. The normalized spacial score (nSPS) is 26.2. The van der Waals surface area contributed by atoms with Crippen LogP contribution in [0.2, 0.25) is 0 Å². The SMILES string of the molecule is CCOC(=O)[C@H]1[C@@H]2C(=O)N([C@H](CO)c3ccccc3)[C@H](C(=O)NCc3ccccc3)[C@H]2C=C[C@H]1C. The number of nitrogens with one attached hydrogen (secondary N) is 1. The molecule has 7 heteroatoms. The first-order valence-electron chi connectivity index (χ1n) is 12.1. The topological polar surface area (TPSA) is 95.9 Å². The van der Waals surface area contributed by atoms with E-state index in [1.54, 1.807) is 6.92 Å². The summed E-state index contributed by atoms with van der Waals surface area (Å²) in [6, 6.07) is 17.1. The number of ether oxygens (including phenoxy) is 1. The third kappa shape index (κ3) is 4.86. The molecule has 2 N–H and O–H groups in total. The number of carbonyl (C=O) groups excluding carboxylic acids is 3. The molecule has 0 radical (unpaired) electrons. The first-order valence-corrected chi connectivity index (χ1v) is 12.1. The van der Waals surface area contributed by atoms with Gasteiger partial charge in [0, 0.05) is 12.5 Å². The highest BCUT2D eigenvalue weighted by atomic mass is 16.5. The number of nitrogens with zero attached hydrogens (tertiary/aromatic N) is 1. The van der Waals surface area contributed by atoms with Crippen LogP contribution in [0.4, 0.5) is 0 Å². The van der Waals surface area contributed by atoms with Gasteiger partial charge in [0.15, 0.2) is 0 Å². The van der Waals surface area contributed by atoms with E-state index in [-0.39, 0.29) is 30.9 Å². The monoisotopic (exact) mass is 476 g/mol. The van der Waals surface area contributed by atoms with Crippen LogP contribution in [-0.4, -0.2) is 47.0 Å². The highest BCUT2D eigenvalue weighted by Crippen LogP contribution is 2.47. The van der Waals surface area contributed by atoms with Crippen molar-refractivity contribution in [3.8, 4) is 0 Å². The number of hydrogen-bond donors (Lipinski definition) is 2. The van der Waals surface area contributed by atoms with Crippen molar-refractivity contribution in [2.24, 2.45) is 23.7 Å². The van der Waals surface area contributed by atoms with Crippen molar-refractivity contribution >= 4 is 17.8 Å². The van der Waals surface area contributed by atoms with Gasteiger partial charge in [-0.1, -0.05) is 79.7 Å². The van der Waals surface area contributed by atoms with Crippen molar-refractivity contribution in [1.29, 1.82) is 0 Å². The van der Waals surface area contributed by atoms with Gasteiger partial charge in [0.05, 0.1) is 31.1 Å². The minimum atomic E-state index is -0.866. The van der Waals surface area contributed by atoms with E-state index in [0.29, 0.717) is 6.54 Å². The van der Waals surface area contributed by atoms with Gasteiger partial charge in [0.2, 0.25) is 11.8 Å². The first kappa shape index (κ1) is 24.7. The largest absolute Gasteiger partial charge is 0.466 e. The van der Waals surface area contributed by atoms with Crippen molar-refractivity contribution in [2.75, 3.05) is 13.2 Å². The average Bonchev–Trinajstić information content (AvgIpc) is 3.16. The highest BCUT2D eigenvalue weighted by Gasteiger charge is 2.58. The molecule has 1 heterocycles. The Balaban J connectivity index is 1.72. The molecule has 1 aliphatic carbocycles. The van der Waals surface area contributed by atoms with Crippen molar-refractivity contribution < 1.29 is 24.2 Å². The van der Waals surface area contributed by atoms with Crippen LogP contribution < -0.4 is 5.32 Å². The molecule has 35 heavy (non-hydrogen) atoms. The molecule has 7 nitrogen and oxygen atoms in total. The van der Waals surface area contributed by atoms with Gasteiger partial charge >= 0.3 is 5.97 Å². The predicted molar refractivity (Wildman–Crippen MR) is 131 cm³/mol. The number of rotatable bonds is 8. The van der Waals surface area contributed by atoms with Crippen LogP contribution in [0.25, 0.3) is 0 Å². The molecule has 2 aliphatic rings. The maximum Gasteiger partial charge on any atom is 0.310 e. The molecular formula is C28H32N2O5. The number of allylic oxidation sites excluding steroid dienone is 1. The van der Waals surface area contributed by atoms with Crippen LogP contribution in [0.15, 0.2) is 72.8 Å². The molecule has 0 spiro atoms. The van der Waals surface area contributed by atoms with E-state index in [1.807, 2.05) is 79.7 Å². The van der Waals surface area contributed by atoms with Crippen LogP contribution in [-0.2, 0) is 25.7 Å². The van der Waals surface area contributed by atoms with Crippen molar-refractivity contribution in [2.45, 2.75) is 32.5 Å². The summed E-state index contributed by atoms with van der Waals surface area (Å²) >= 11 is 0. The van der Waals surface area contributed by atoms with E-state index in [2.05, 4.69) is 5.32 Å². The number of amides is 2. The molecule has 2 aromatic rings. The Kier molecular flexibility index (Phi) is 7.66. The minimum Gasteiger partial charge on any atom is -0.466 e. The van der Waals surface area contributed by atoms with E-state index in [9.17, 15) is 19.5 Å². The molecule has 0 unspecified atom stereocenters. The van der Waals surface area contributed by atoms with Crippen molar-refractivity contribution in [1.82, 2.24) is 10.2 Å². The molecule has 0 saturated carbocycles. The summed E-state index contributed by atoms with van der Waals surface area (Å²) in [4.78, 5) is 42.0. The summed E-state index contributed by atoms with van der Waals surface area (Å²) in [7, 11) is 0. The van der Waals surface area contributed by atoms with Crippen LogP contribution in [0.1, 0.15) is 31.0 Å². The lowest BCUT2D eigenvalue weighted by atomic mass is 9.70. The molecule has 1 fully saturated rings. The van der Waals surface area contributed by atoms with Crippen LogP contribution in [0, 0.1) is 23.7 Å². The molecule has 0 aromatic heterocycles. The molecule has 1 aliphatic heterocycles. The second kappa shape index (κ2) is 10.9. The molecule has 184 valence electrons. The van der Waals surface area contributed by atoms with E-state index >= 15 is 0 Å². The second-order valence-electron chi connectivity index (χ2n) is 9.13. The molecule has 6 atom stereocenters. The lowest BCUT2D eigenvalue weighted by Gasteiger charge is -2.33. The zero-order chi connectivity index (χ0) is 24.9. The smallest absolute Gasteiger partial charge is 0.310 e. The molecule has 4 rings (SSSR count). The Morgan fingerprint density at radius 1 is 1.06 bits per heavy atom. The van der Waals surface area contributed by atoms with E-state index in [0.717, 1.165) is 11.1 Å². The molecule has 1 saturated heterocycles. The van der Waals surface area contributed by atoms with Crippen molar-refractivity contribution in [3.05, 3.63) is 83.9 Å². The Bertz CT molecular complexity index is 1070. The third-order valence-electron chi connectivity index (χ3n) is 7.04. The fraction of sp³-hybridized carbons (Fsp3) is 0.393. The number of carbonyl (C=O) groups is 3. The Hall–Kier alpha value is -3.45. The molecule has 2 aromatic carbocycles. The Labute approximate surface area is 205 Å². The number of benzene rings is 2. The Morgan fingerprint density at radius 3 is 2.34 bits per heavy atom. The van der Waals surface area contributed by atoms with E-state index in [4.69, 9.17) is 4.74 Å². The maximum atomic E-state index is 14.0. The molecule has 0 bridgehead atoms. The number of aliphatic hydroxyl groups excluding tert-OH is 1. The second-order valence-corrected chi connectivity index (χ2v) is 9.13. The van der Waals surface area contributed by atoms with Gasteiger partial charge in [-0.15, -0.1) is 0 Å². The minimum absolute atomic E-state index is 0.212. The summed E-state index contributed by atoms with van der Waals surface area (Å²) in [6.45, 7) is 3.80. The summed E-state index contributed by atoms with van der Waals surface area (Å²) < 4.78 is 5.32. The van der Waals surface area contributed by atoms with Gasteiger partial charge in [-0.25, -0.2) is 0 Å². The van der Waals surface area contributed by atoms with Crippen molar-refractivity contribution in [3.63, 3.8) is 0 Å². The summed E-state index contributed by atoms with van der Waals surface area (Å²) in [5, 5.41) is 13.3. The molecular weight excluding hydrogens is 444 g/mol. The fourth-order valence-electron chi connectivity index (χ4n) is 5.39. The summed E-state index contributed by atoms with van der Waals surface area (Å²) in [5.74, 6) is -3.21. The first-order chi connectivity index (χ1) is 17.0. The predicted octanol–water partition coefficient (Wildman–Crippen LogP) is 2.86. The van der Waals surface area contributed by atoms with Gasteiger partial charge in [-0.05, 0) is 24.0 Å². The van der Waals surface area contributed by atoms with Gasteiger partial charge in [-0.2, -0.15) is 0 Å². The van der Waals surface area contributed by atoms with Gasteiger partial charge in [0.1, 0.15) is 6.04 Å². The maximum absolute atomic E-state index is 14.0. The third-order valence-corrected chi connectivity index (χ3v) is 7.04. The standard InChI is InChI=1S/C28H32N2O5/c1-3-35-28(34)23-18(2)14-15-21-24(23)27(33)30(22(17-31)20-12-8-5-9-13-20)25(21)26(32)29-16-19-10-6-4-7-11-19/h4-15,18,21-25,31H,3,16-17H2,1-2H3,(H,29,32)/t18-,21+,22-,23-,24-,25+/m1/s1. The van der Waals surface area contributed by atoms with Crippen LogP contribution in [0.3, 0.4) is 0 Å². The zero-order valence-electron chi connectivity index (χ0n) is 20.0. The zero-order valence-corrected chi connectivity index (χ0v) is 20.0. The van der Waals surface area contributed by atoms with Gasteiger partial charge in [-0.3, -0.25) is 14.4 Å². The molecule has 2 amide bonds. The highest BCUT2D eigenvalue weighted by molar-refractivity contribution is 5.96. The summed E-state index contributed by atoms with van der Waals surface area (Å²) in [5.41, 5.74) is 1.67. The van der Waals surface area contributed by atoms with Crippen LogP contribution >= 0.6 is 0 Å². The number of fused-ring (bicyclic) bond motifs is 1. The van der Waals surface area contributed by atoms with Gasteiger partial charge < -0.3 is 20.1 Å². The number of hydrogen-bond acceptors (Lipinski definition) is 5. The van der Waals surface area contributed by atoms with E-state index < -0.39 is 35.8 Å². The van der Waals surface area contributed by atoms with E-state index in [1.165, 1.54) is 4.90 Å². The average molecular weight is 477 g/mol. The van der Waals surface area contributed by atoms with Gasteiger partial charge in [0.25, 0.3) is 0 Å². The number of likely N-dealkylation sites (tertiary alicyclic amines) is 1. The lowest BCUT2D eigenvalue weighted by molar-refractivity contribution is -0.155. The fourth-order valence-corrected chi connectivity index (χ4v) is 5.39.